The maximum Gasteiger partial charge on any atom is 0.252 e. The van der Waals surface area contributed by atoms with Crippen molar-refractivity contribution in [2.24, 2.45) is 5.92 Å². The van der Waals surface area contributed by atoms with Crippen LogP contribution in [0, 0.1) is 5.92 Å². The Morgan fingerprint density at radius 2 is 1.96 bits per heavy atom. The maximum absolute atomic E-state index is 12.2. The first-order valence-electron chi connectivity index (χ1n) is 8.25. The monoisotopic (exact) mass is 343 g/mol. The number of carbonyl (C=O) groups excluding carboxylic acids is 1. The zero-order valence-electron chi connectivity index (χ0n) is 15.1. The molecule has 0 saturated heterocycles. The third-order valence-corrected chi connectivity index (χ3v) is 3.70. The van der Waals surface area contributed by atoms with Crippen LogP contribution in [-0.4, -0.2) is 31.7 Å². The van der Waals surface area contributed by atoms with E-state index >= 15 is 0 Å². The van der Waals surface area contributed by atoms with Gasteiger partial charge in [-0.2, -0.15) is 0 Å². The summed E-state index contributed by atoms with van der Waals surface area (Å²) in [6.07, 6.45) is 4.16. The van der Waals surface area contributed by atoms with Gasteiger partial charge in [0.15, 0.2) is 0 Å². The lowest BCUT2D eigenvalue weighted by Gasteiger charge is -2.13. The molecular formula is C19H25N3O3. The first-order valence-corrected chi connectivity index (χ1v) is 8.25. The molecule has 0 saturated carbocycles. The van der Waals surface area contributed by atoms with Crippen molar-refractivity contribution in [2.45, 2.75) is 20.3 Å². The molecule has 1 amide bonds. The first kappa shape index (κ1) is 18.6. The van der Waals surface area contributed by atoms with Gasteiger partial charge in [0.1, 0.15) is 11.5 Å². The summed E-state index contributed by atoms with van der Waals surface area (Å²) < 4.78 is 10.6. The minimum Gasteiger partial charge on any atom is -0.497 e. The number of hydrogen-bond donors (Lipinski definition) is 2. The summed E-state index contributed by atoms with van der Waals surface area (Å²) in [5, 5.41) is 6.13. The molecule has 0 radical (unpaired) electrons. The number of ether oxygens (including phenoxy) is 2. The molecule has 0 bridgehead atoms. The lowest BCUT2D eigenvalue weighted by molar-refractivity contribution is 0.0951. The lowest BCUT2D eigenvalue weighted by atomic mass is 10.1. The van der Waals surface area contributed by atoms with Gasteiger partial charge in [0.25, 0.3) is 5.91 Å². The highest BCUT2D eigenvalue weighted by molar-refractivity contribution is 5.94. The second-order valence-corrected chi connectivity index (χ2v) is 6.09. The largest absolute Gasteiger partial charge is 0.497 e. The SMILES string of the molecule is COc1ccc(Nc2cncc(C(=O)NCCC(C)C)c2)c(OC)c1. The van der Waals surface area contributed by atoms with Crippen molar-refractivity contribution in [3.8, 4) is 11.5 Å². The molecule has 0 aliphatic carbocycles. The van der Waals surface area contributed by atoms with Crippen LogP contribution >= 0.6 is 0 Å². The second-order valence-electron chi connectivity index (χ2n) is 6.09. The van der Waals surface area contributed by atoms with Crippen molar-refractivity contribution in [2.75, 3.05) is 26.1 Å². The zero-order valence-corrected chi connectivity index (χ0v) is 15.1. The predicted molar refractivity (Wildman–Crippen MR) is 98.9 cm³/mol. The smallest absolute Gasteiger partial charge is 0.252 e. The van der Waals surface area contributed by atoms with Gasteiger partial charge in [0, 0.05) is 18.8 Å². The minimum atomic E-state index is -0.126. The number of nitrogens with one attached hydrogen (secondary N) is 2. The van der Waals surface area contributed by atoms with E-state index in [2.05, 4.69) is 29.5 Å². The third-order valence-electron chi connectivity index (χ3n) is 3.70. The first-order chi connectivity index (χ1) is 12.0. The van der Waals surface area contributed by atoms with Crippen LogP contribution in [-0.2, 0) is 0 Å². The summed E-state index contributed by atoms with van der Waals surface area (Å²) in [6.45, 7) is 4.90. The van der Waals surface area contributed by atoms with Crippen molar-refractivity contribution < 1.29 is 14.3 Å². The Morgan fingerprint density at radius 3 is 2.64 bits per heavy atom. The molecule has 2 rings (SSSR count). The number of nitrogens with zero attached hydrogens (tertiary/aromatic N) is 1. The fraction of sp³-hybridized carbons (Fsp3) is 0.368. The van der Waals surface area contributed by atoms with E-state index in [-0.39, 0.29) is 5.91 Å². The highest BCUT2D eigenvalue weighted by Gasteiger charge is 2.09. The summed E-state index contributed by atoms with van der Waals surface area (Å²) in [6, 6.07) is 7.24. The molecule has 0 unspecified atom stereocenters. The van der Waals surface area contributed by atoms with Gasteiger partial charge in [-0.15, -0.1) is 0 Å². The zero-order chi connectivity index (χ0) is 18.2. The van der Waals surface area contributed by atoms with Gasteiger partial charge in [-0.3, -0.25) is 9.78 Å². The summed E-state index contributed by atoms with van der Waals surface area (Å²) in [5.74, 6) is 1.78. The molecule has 25 heavy (non-hydrogen) atoms. The van der Waals surface area contributed by atoms with Gasteiger partial charge in [-0.05, 0) is 30.5 Å². The van der Waals surface area contributed by atoms with E-state index < -0.39 is 0 Å². The number of anilines is 2. The molecule has 1 aromatic carbocycles. The van der Waals surface area contributed by atoms with E-state index in [4.69, 9.17) is 9.47 Å². The number of rotatable bonds is 8. The topological polar surface area (TPSA) is 72.5 Å². The molecule has 1 aromatic heterocycles. The highest BCUT2D eigenvalue weighted by atomic mass is 16.5. The highest BCUT2D eigenvalue weighted by Crippen LogP contribution is 2.31. The summed E-state index contributed by atoms with van der Waals surface area (Å²) in [5.41, 5.74) is 1.99. The van der Waals surface area contributed by atoms with Crippen molar-refractivity contribution in [1.82, 2.24) is 10.3 Å². The molecule has 6 heteroatoms. The fourth-order valence-electron chi connectivity index (χ4n) is 2.27. The molecule has 0 aliphatic heterocycles. The van der Waals surface area contributed by atoms with Crippen molar-refractivity contribution >= 4 is 17.3 Å². The van der Waals surface area contributed by atoms with Crippen LogP contribution in [0.1, 0.15) is 30.6 Å². The number of aromatic nitrogens is 1. The van der Waals surface area contributed by atoms with Gasteiger partial charge in [-0.25, -0.2) is 0 Å². The van der Waals surface area contributed by atoms with Crippen molar-refractivity contribution in [1.29, 1.82) is 0 Å². The molecule has 134 valence electrons. The molecule has 0 spiro atoms. The lowest BCUT2D eigenvalue weighted by Crippen LogP contribution is -2.25. The Morgan fingerprint density at radius 1 is 1.16 bits per heavy atom. The van der Waals surface area contributed by atoms with Crippen molar-refractivity contribution in [3.05, 3.63) is 42.2 Å². The van der Waals surface area contributed by atoms with Gasteiger partial charge >= 0.3 is 0 Å². The number of methoxy groups -OCH3 is 2. The van der Waals surface area contributed by atoms with Gasteiger partial charge in [0.05, 0.1) is 37.4 Å². The fourth-order valence-corrected chi connectivity index (χ4v) is 2.27. The molecule has 2 aromatic rings. The average Bonchev–Trinajstić information content (AvgIpc) is 2.62. The van der Waals surface area contributed by atoms with Crippen LogP contribution in [0.5, 0.6) is 11.5 Å². The van der Waals surface area contributed by atoms with Crippen LogP contribution in [0.25, 0.3) is 0 Å². The molecule has 1 heterocycles. The van der Waals surface area contributed by atoms with Crippen LogP contribution in [0.2, 0.25) is 0 Å². The van der Waals surface area contributed by atoms with Crippen LogP contribution in [0.15, 0.2) is 36.7 Å². The molecule has 6 nitrogen and oxygen atoms in total. The number of benzene rings is 1. The average molecular weight is 343 g/mol. The van der Waals surface area contributed by atoms with E-state index in [9.17, 15) is 4.79 Å². The van der Waals surface area contributed by atoms with E-state index in [1.54, 1.807) is 38.7 Å². The quantitative estimate of drug-likeness (QED) is 0.766. The Kier molecular flexibility index (Phi) is 6.62. The Labute approximate surface area is 148 Å². The third kappa shape index (κ3) is 5.38. The number of hydrogen-bond acceptors (Lipinski definition) is 5. The normalized spacial score (nSPS) is 10.4. The minimum absolute atomic E-state index is 0.126. The predicted octanol–water partition coefficient (Wildman–Crippen LogP) is 3.62. The van der Waals surface area contributed by atoms with Gasteiger partial charge in [0.2, 0.25) is 0 Å². The second kappa shape index (κ2) is 8.92. The molecule has 0 fully saturated rings. The van der Waals surface area contributed by atoms with Gasteiger partial charge in [-0.1, -0.05) is 13.8 Å². The van der Waals surface area contributed by atoms with E-state index in [0.717, 1.165) is 12.1 Å². The Hall–Kier alpha value is -2.76. The maximum atomic E-state index is 12.2. The number of amides is 1. The van der Waals surface area contributed by atoms with E-state index in [1.807, 2.05) is 12.1 Å². The van der Waals surface area contributed by atoms with E-state index in [0.29, 0.717) is 35.2 Å². The van der Waals surface area contributed by atoms with Crippen molar-refractivity contribution in [3.63, 3.8) is 0 Å². The van der Waals surface area contributed by atoms with Crippen LogP contribution in [0.4, 0.5) is 11.4 Å². The van der Waals surface area contributed by atoms with Crippen LogP contribution in [0.3, 0.4) is 0 Å². The van der Waals surface area contributed by atoms with E-state index in [1.165, 1.54) is 0 Å². The van der Waals surface area contributed by atoms with Gasteiger partial charge < -0.3 is 20.1 Å². The molecule has 0 atom stereocenters. The van der Waals surface area contributed by atoms with Crippen LogP contribution < -0.4 is 20.1 Å². The summed E-state index contributed by atoms with van der Waals surface area (Å²) in [7, 11) is 3.20. The Bertz CT molecular complexity index is 717. The molecule has 2 N–H and O–H groups in total. The summed E-state index contributed by atoms with van der Waals surface area (Å²) >= 11 is 0. The summed E-state index contributed by atoms with van der Waals surface area (Å²) in [4.78, 5) is 16.4. The molecular weight excluding hydrogens is 318 g/mol. The number of pyridine rings is 1. The molecule has 0 aliphatic rings. The standard InChI is InChI=1S/C19H25N3O3/c1-13(2)7-8-21-19(23)14-9-15(12-20-11-14)22-17-6-5-16(24-3)10-18(17)25-4/h5-6,9-13,22H,7-8H2,1-4H3,(H,21,23). The number of carbonyl (C=O) groups is 1. The Balaban J connectivity index is 2.10.